The first-order chi connectivity index (χ1) is 9.31. The Balaban J connectivity index is 2.94. The number of hydrogen-bond acceptors (Lipinski definition) is 3. The molecule has 0 bridgehead atoms. The molecule has 1 unspecified atom stereocenters. The minimum absolute atomic E-state index is 0.430. The second-order valence-electron chi connectivity index (χ2n) is 6.03. The standard InChI is InChI=1S/C16H27BrN2O/c1-12(2)11-19(9-8-18(4)5)16-7-6-14(13(3)20)10-15(16)17/h6-7,10,12-13,20H,8-9,11H2,1-5H3. The molecule has 0 aliphatic carbocycles. The van der Waals surface area contributed by atoms with Gasteiger partial charge in [-0.3, -0.25) is 0 Å². The number of benzene rings is 1. The van der Waals surface area contributed by atoms with E-state index in [1.165, 1.54) is 5.69 Å². The number of anilines is 1. The quantitative estimate of drug-likeness (QED) is 0.821. The lowest BCUT2D eigenvalue weighted by atomic mass is 10.1. The molecule has 0 aliphatic rings. The summed E-state index contributed by atoms with van der Waals surface area (Å²) in [5, 5.41) is 9.66. The van der Waals surface area contributed by atoms with Crippen LogP contribution in [0.5, 0.6) is 0 Å². The van der Waals surface area contributed by atoms with E-state index in [1.54, 1.807) is 6.92 Å². The molecule has 3 nitrogen and oxygen atoms in total. The molecule has 1 N–H and O–H groups in total. The topological polar surface area (TPSA) is 26.7 Å². The lowest BCUT2D eigenvalue weighted by molar-refractivity contribution is 0.199. The normalized spacial score (nSPS) is 13.1. The van der Waals surface area contributed by atoms with Crippen molar-refractivity contribution in [2.45, 2.75) is 26.9 Å². The van der Waals surface area contributed by atoms with E-state index < -0.39 is 6.10 Å². The number of aliphatic hydroxyl groups is 1. The van der Waals surface area contributed by atoms with E-state index in [9.17, 15) is 5.11 Å². The van der Waals surface area contributed by atoms with Crippen molar-refractivity contribution in [1.29, 1.82) is 0 Å². The van der Waals surface area contributed by atoms with Gasteiger partial charge >= 0.3 is 0 Å². The fourth-order valence-corrected chi connectivity index (χ4v) is 2.76. The molecule has 0 radical (unpaired) electrons. The smallest absolute Gasteiger partial charge is 0.0762 e. The van der Waals surface area contributed by atoms with Crippen LogP contribution < -0.4 is 4.90 Å². The van der Waals surface area contributed by atoms with Gasteiger partial charge in [-0.05, 0) is 60.6 Å². The van der Waals surface area contributed by atoms with Crippen LogP contribution in [0, 0.1) is 5.92 Å². The summed E-state index contributed by atoms with van der Waals surface area (Å²) in [7, 11) is 4.19. The van der Waals surface area contributed by atoms with Crippen LogP contribution in [0.15, 0.2) is 22.7 Å². The lowest BCUT2D eigenvalue weighted by Crippen LogP contribution is -2.34. The summed E-state index contributed by atoms with van der Waals surface area (Å²) in [6.45, 7) is 9.32. The number of aliphatic hydroxyl groups excluding tert-OH is 1. The monoisotopic (exact) mass is 342 g/mol. The average molecular weight is 343 g/mol. The largest absolute Gasteiger partial charge is 0.389 e. The van der Waals surface area contributed by atoms with Gasteiger partial charge in [0.15, 0.2) is 0 Å². The fraction of sp³-hybridized carbons (Fsp3) is 0.625. The summed E-state index contributed by atoms with van der Waals surface area (Å²) in [5.74, 6) is 0.612. The van der Waals surface area contributed by atoms with Gasteiger partial charge in [0.1, 0.15) is 0 Å². The van der Waals surface area contributed by atoms with Gasteiger partial charge < -0.3 is 14.9 Å². The van der Waals surface area contributed by atoms with Gasteiger partial charge in [-0.2, -0.15) is 0 Å². The lowest BCUT2D eigenvalue weighted by Gasteiger charge is -2.29. The summed E-state index contributed by atoms with van der Waals surface area (Å²) in [5.41, 5.74) is 2.14. The van der Waals surface area contributed by atoms with Crippen molar-refractivity contribution in [3.63, 3.8) is 0 Å². The minimum atomic E-state index is -0.430. The molecule has 114 valence electrons. The molecular weight excluding hydrogens is 316 g/mol. The Kier molecular flexibility index (Phi) is 7.00. The average Bonchev–Trinajstić information content (AvgIpc) is 2.33. The van der Waals surface area contributed by atoms with Crippen LogP contribution in [0.25, 0.3) is 0 Å². The molecule has 20 heavy (non-hydrogen) atoms. The first kappa shape index (κ1) is 17.5. The second kappa shape index (κ2) is 8.01. The molecule has 0 saturated carbocycles. The number of nitrogens with zero attached hydrogens (tertiary/aromatic N) is 2. The Morgan fingerprint density at radius 2 is 1.80 bits per heavy atom. The van der Waals surface area contributed by atoms with E-state index in [1.807, 2.05) is 12.1 Å². The Bertz CT molecular complexity index is 419. The van der Waals surface area contributed by atoms with Gasteiger partial charge in [0.2, 0.25) is 0 Å². The van der Waals surface area contributed by atoms with Crippen LogP contribution in [0.4, 0.5) is 5.69 Å². The third-order valence-electron chi connectivity index (χ3n) is 3.20. The number of hydrogen-bond donors (Lipinski definition) is 1. The van der Waals surface area contributed by atoms with E-state index >= 15 is 0 Å². The molecule has 0 amide bonds. The minimum Gasteiger partial charge on any atom is -0.389 e. The maximum Gasteiger partial charge on any atom is 0.0762 e. The van der Waals surface area contributed by atoms with Crippen molar-refractivity contribution in [3.8, 4) is 0 Å². The maximum absolute atomic E-state index is 9.66. The second-order valence-corrected chi connectivity index (χ2v) is 6.88. The van der Waals surface area contributed by atoms with Crippen LogP contribution in [0.3, 0.4) is 0 Å². The predicted octanol–water partition coefficient (Wildman–Crippen LogP) is 3.53. The molecule has 0 fully saturated rings. The Hall–Kier alpha value is -0.580. The third kappa shape index (κ3) is 5.43. The van der Waals surface area contributed by atoms with Crippen LogP contribution in [-0.4, -0.2) is 43.7 Å². The van der Waals surface area contributed by atoms with Crippen LogP contribution in [0.1, 0.15) is 32.4 Å². The molecular formula is C16H27BrN2O. The van der Waals surface area contributed by atoms with Crippen LogP contribution >= 0.6 is 15.9 Å². The SMILES string of the molecule is CC(C)CN(CCN(C)C)c1ccc(C(C)O)cc1Br. The van der Waals surface area contributed by atoms with Gasteiger partial charge in [0.05, 0.1) is 11.8 Å². The molecule has 1 aromatic rings. The summed E-state index contributed by atoms with van der Waals surface area (Å²) < 4.78 is 1.05. The molecule has 0 aromatic heterocycles. The summed E-state index contributed by atoms with van der Waals surface area (Å²) in [4.78, 5) is 4.60. The zero-order chi connectivity index (χ0) is 15.3. The molecule has 0 saturated heterocycles. The van der Waals surface area contributed by atoms with Gasteiger partial charge in [-0.1, -0.05) is 19.9 Å². The summed E-state index contributed by atoms with van der Waals surface area (Å²) in [6, 6.07) is 6.13. The fourth-order valence-electron chi connectivity index (χ4n) is 2.11. The highest BCUT2D eigenvalue weighted by Crippen LogP contribution is 2.30. The molecule has 1 rings (SSSR count). The van der Waals surface area contributed by atoms with E-state index in [4.69, 9.17) is 0 Å². The highest BCUT2D eigenvalue weighted by Gasteiger charge is 2.13. The third-order valence-corrected chi connectivity index (χ3v) is 3.83. The van der Waals surface area contributed by atoms with E-state index in [2.05, 4.69) is 59.7 Å². The molecule has 0 spiro atoms. The molecule has 0 aliphatic heterocycles. The van der Waals surface area contributed by atoms with E-state index in [0.29, 0.717) is 5.92 Å². The number of halogens is 1. The predicted molar refractivity (Wildman–Crippen MR) is 90.4 cm³/mol. The molecule has 4 heteroatoms. The van der Waals surface area contributed by atoms with Crippen molar-refractivity contribution in [2.75, 3.05) is 38.6 Å². The first-order valence-electron chi connectivity index (χ1n) is 7.18. The summed E-state index contributed by atoms with van der Waals surface area (Å²) in [6.07, 6.45) is -0.430. The van der Waals surface area contributed by atoms with Crippen molar-refractivity contribution >= 4 is 21.6 Å². The highest BCUT2D eigenvalue weighted by molar-refractivity contribution is 9.10. The number of likely N-dealkylation sites (N-methyl/N-ethyl adjacent to an activating group) is 1. The number of rotatable bonds is 7. The maximum atomic E-state index is 9.66. The van der Waals surface area contributed by atoms with Crippen molar-refractivity contribution in [2.24, 2.45) is 5.92 Å². The van der Waals surface area contributed by atoms with Crippen LogP contribution in [0.2, 0.25) is 0 Å². The van der Waals surface area contributed by atoms with Gasteiger partial charge in [0.25, 0.3) is 0 Å². The highest BCUT2D eigenvalue weighted by atomic mass is 79.9. The van der Waals surface area contributed by atoms with Gasteiger partial charge in [0, 0.05) is 24.1 Å². The van der Waals surface area contributed by atoms with E-state index in [-0.39, 0.29) is 0 Å². The molecule has 1 aromatic carbocycles. The van der Waals surface area contributed by atoms with Gasteiger partial charge in [-0.15, -0.1) is 0 Å². The van der Waals surface area contributed by atoms with E-state index in [0.717, 1.165) is 29.7 Å². The Morgan fingerprint density at radius 3 is 2.25 bits per heavy atom. The van der Waals surface area contributed by atoms with Crippen LogP contribution in [-0.2, 0) is 0 Å². The van der Waals surface area contributed by atoms with Crippen molar-refractivity contribution in [3.05, 3.63) is 28.2 Å². The molecule has 0 heterocycles. The summed E-state index contributed by atoms with van der Waals surface area (Å²) >= 11 is 3.65. The first-order valence-corrected chi connectivity index (χ1v) is 7.97. The Labute approximate surface area is 131 Å². The zero-order valence-electron chi connectivity index (χ0n) is 13.2. The molecule has 1 atom stereocenters. The Morgan fingerprint density at radius 1 is 1.15 bits per heavy atom. The van der Waals surface area contributed by atoms with Crippen molar-refractivity contribution < 1.29 is 5.11 Å². The zero-order valence-corrected chi connectivity index (χ0v) is 14.8. The van der Waals surface area contributed by atoms with Crippen molar-refractivity contribution in [1.82, 2.24) is 4.90 Å². The van der Waals surface area contributed by atoms with Gasteiger partial charge in [-0.25, -0.2) is 0 Å².